The molecule has 0 aliphatic carbocycles. The van der Waals surface area contributed by atoms with Crippen molar-refractivity contribution in [1.82, 2.24) is 0 Å². The Balaban J connectivity index is 1.97. The highest BCUT2D eigenvalue weighted by Gasteiger charge is 2.16. The van der Waals surface area contributed by atoms with Crippen LogP contribution in [0.2, 0.25) is 0 Å². The first-order valence-corrected chi connectivity index (χ1v) is 6.46. The molecule has 0 saturated carbocycles. The second-order valence-corrected chi connectivity index (χ2v) is 5.16. The van der Waals surface area contributed by atoms with Crippen LogP contribution in [-0.4, -0.2) is 18.9 Å². The molecule has 1 heterocycles. The zero-order valence-corrected chi connectivity index (χ0v) is 10.8. The summed E-state index contributed by atoms with van der Waals surface area (Å²) in [5.41, 5.74) is 1.77. The highest BCUT2D eigenvalue weighted by Crippen LogP contribution is 2.21. The van der Waals surface area contributed by atoms with Crippen LogP contribution in [0.4, 0.5) is 0 Å². The SMILES string of the molecule is N=C(CC1CCOCC1)c1cccc(Br)c1. The summed E-state index contributed by atoms with van der Waals surface area (Å²) in [7, 11) is 0. The van der Waals surface area contributed by atoms with E-state index < -0.39 is 0 Å². The van der Waals surface area contributed by atoms with Crippen molar-refractivity contribution in [1.29, 1.82) is 5.41 Å². The van der Waals surface area contributed by atoms with Gasteiger partial charge in [-0.15, -0.1) is 0 Å². The van der Waals surface area contributed by atoms with Crippen molar-refractivity contribution in [3.05, 3.63) is 34.3 Å². The van der Waals surface area contributed by atoms with Gasteiger partial charge in [0.05, 0.1) is 0 Å². The average Bonchev–Trinajstić information content (AvgIpc) is 2.30. The average molecular weight is 282 g/mol. The van der Waals surface area contributed by atoms with Gasteiger partial charge < -0.3 is 10.1 Å². The van der Waals surface area contributed by atoms with Gasteiger partial charge in [-0.1, -0.05) is 28.1 Å². The van der Waals surface area contributed by atoms with Crippen molar-refractivity contribution < 1.29 is 4.74 Å². The molecule has 0 spiro atoms. The largest absolute Gasteiger partial charge is 0.381 e. The van der Waals surface area contributed by atoms with E-state index in [-0.39, 0.29) is 0 Å². The molecule has 0 atom stereocenters. The first-order chi connectivity index (χ1) is 7.75. The molecular formula is C13H16BrNO. The third kappa shape index (κ3) is 3.16. The fourth-order valence-corrected chi connectivity index (χ4v) is 2.43. The molecule has 3 heteroatoms. The standard InChI is InChI=1S/C13H16BrNO/c14-12-3-1-2-11(9-12)13(15)8-10-4-6-16-7-5-10/h1-3,9-10,15H,4-8H2. The molecule has 0 amide bonds. The van der Waals surface area contributed by atoms with Crippen LogP contribution in [0.1, 0.15) is 24.8 Å². The lowest BCUT2D eigenvalue weighted by Gasteiger charge is -2.22. The van der Waals surface area contributed by atoms with E-state index in [1.807, 2.05) is 24.3 Å². The van der Waals surface area contributed by atoms with Crippen molar-refractivity contribution in [2.45, 2.75) is 19.3 Å². The molecule has 1 N–H and O–H groups in total. The molecule has 1 fully saturated rings. The second-order valence-electron chi connectivity index (χ2n) is 4.25. The zero-order chi connectivity index (χ0) is 11.4. The van der Waals surface area contributed by atoms with E-state index >= 15 is 0 Å². The molecule has 1 saturated heterocycles. The summed E-state index contributed by atoms with van der Waals surface area (Å²) in [5.74, 6) is 0.625. The van der Waals surface area contributed by atoms with Gasteiger partial charge in [-0.2, -0.15) is 0 Å². The van der Waals surface area contributed by atoms with Gasteiger partial charge in [-0.3, -0.25) is 0 Å². The maximum atomic E-state index is 8.10. The number of hydrogen-bond acceptors (Lipinski definition) is 2. The molecule has 1 aromatic rings. The van der Waals surface area contributed by atoms with Crippen molar-refractivity contribution in [3.8, 4) is 0 Å². The summed E-state index contributed by atoms with van der Waals surface area (Å²) in [5, 5.41) is 8.10. The van der Waals surface area contributed by atoms with E-state index in [1.165, 1.54) is 0 Å². The normalized spacial score (nSPS) is 17.3. The Bertz CT molecular complexity index is 372. The molecule has 16 heavy (non-hydrogen) atoms. The molecule has 0 aromatic heterocycles. The highest BCUT2D eigenvalue weighted by atomic mass is 79.9. The third-order valence-electron chi connectivity index (χ3n) is 3.01. The third-order valence-corrected chi connectivity index (χ3v) is 3.50. The topological polar surface area (TPSA) is 33.1 Å². The Morgan fingerprint density at radius 2 is 2.12 bits per heavy atom. The molecule has 0 unspecified atom stereocenters. The Kier molecular flexibility index (Phi) is 4.13. The van der Waals surface area contributed by atoms with Crippen LogP contribution < -0.4 is 0 Å². The number of rotatable bonds is 3. The van der Waals surface area contributed by atoms with Crippen molar-refractivity contribution >= 4 is 21.6 Å². The summed E-state index contributed by atoms with van der Waals surface area (Å²) in [6, 6.07) is 8.00. The molecule has 0 bridgehead atoms. The van der Waals surface area contributed by atoms with Gasteiger partial charge in [-0.05, 0) is 42.9 Å². The summed E-state index contributed by atoms with van der Waals surface area (Å²) in [6.45, 7) is 1.72. The van der Waals surface area contributed by atoms with Crippen molar-refractivity contribution in [3.63, 3.8) is 0 Å². The molecule has 1 aromatic carbocycles. The summed E-state index contributed by atoms with van der Waals surface area (Å²) >= 11 is 3.44. The van der Waals surface area contributed by atoms with Crippen LogP contribution in [0.25, 0.3) is 0 Å². The maximum Gasteiger partial charge on any atom is 0.0468 e. The fourth-order valence-electron chi connectivity index (χ4n) is 2.03. The van der Waals surface area contributed by atoms with Crippen LogP contribution in [0.5, 0.6) is 0 Å². The van der Waals surface area contributed by atoms with E-state index in [0.717, 1.165) is 48.2 Å². The quantitative estimate of drug-likeness (QED) is 0.844. The second kappa shape index (κ2) is 5.60. The molecule has 0 radical (unpaired) electrons. The summed E-state index contributed by atoms with van der Waals surface area (Å²) < 4.78 is 6.37. The predicted octanol–water partition coefficient (Wildman–Crippen LogP) is 3.63. The van der Waals surface area contributed by atoms with Crippen LogP contribution in [0.15, 0.2) is 28.7 Å². The number of hydrogen-bond donors (Lipinski definition) is 1. The summed E-state index contributed by atoms with van der Waals surface area (Å²) in [6.07, 6.45) is 3.06. The monoisotopic (exact) mass is 281 g/mol. The lowest BCUT2D eigenvalue weighted by atomic mass is 9.91. The highest BCUT2D eigenvalue weighted by molar-refractivity contribution is 9.10. The lowest BCUT2D eigenvalue weighted by Crippen LogP contribution is -2.18. The van der Waals surface area contributed by atoms with Crippen LogP contribution in [-0.2, 0) is 4.74 Å². The number of benzene rings is 1. The van der Waals surface area contributed by atoms with Gasteiger partial charge >= 0.3 is 0 Å². The van der Waals surface area contributed by atoms with Gasteiger partial charge in [0.1, 0.15) is 0 Å². The Morgan fingerprint density at radius 3 is 2.81 bits per heavy atom. The van der Waals surface area contributed by atoms with E-state index in [0.29, 0.717) is 5.92 Å². The molecule has 2 nitrogen and oxygen atoms in total. The van der Waals surface area contributed by atoms with Crippen LogP contribution in [0, 0.1) is 11.3 Å². The lowest BCUT2D eigenvalue weighted by molar-refractivity contribution is 0.0684. The van der Waals surface area contributed by atoms with Crippen molar-refractivity contribution in [2.75, 3.05) is 13.2 Å². The number of nitrogens with one attached hydrogen (secondary N) is 1. The van der Waals surface area contributed by atoms with E-state index in [1.54, 1.807) is 0 Å². The van der Waals surface area contributed by atoms with Gasteiger partial charge in [0.15, 0.2) is 0 Å². The first kappa shape index (κ1) is 11.8. The maximum absolute atomic E-state index is 8.10. The molecular weight excluding hydrogens is 266 g/mol. The Hall–Kier alpha value is -0.670. The molecule has 1 aliphatic heterocycles. The molecule has 2 rings (SSSR count). The van der Waals surface area contributed by atoms with Crippen molar-refractivity contribution in [2.24, 2.45) is 5.92 Å². The fraction of sp³-hybridized carbons (Fsp3) is 0.462. The van der Waals surface area contributed by atoms with Gasteiger partial charge in [0.25, 0.3) is 0 Å². The van der Waals surface area contributed by atoms with E-state index in [2.05, 4.69) is 15.9 Å². The Labute approximate surface area is 105 Å². The smallest absolute Gasteiger partial charge is 0.0468 e. The van der Waals surface area contributed by atoms with Gasteiger partial charge in [0.2, 0.25) is 0 Å². The first-order valence-electron chi connectivity index (χ1n) is 5.67. The van der Waals surface area contributed by atoms with E-state index in [9.17, 15) is 0 Å². The van der Waals surface area contributed by atoms with Gasteiger partial charge in [-0.25, -0.2) is 0 Å². The van der Waals surface area contributed by atoms with Crippen LogP contribution in [0.3, 0.4) is 0 Å². The minimum atomic E-state index is 0.625. The molecule has 1 aliphatic rings. The molecule has 86 valence electrons. The van der Waals surface area contributed by atoms with Gasteiger partial charge in [0, 0.05) is 23.4 Å². The minimum Gasteiger partial charge on any atom is -0.381 e. The minimum absolute atomic E-state index is 0.625. The van der Waals surface area contributed by atoms with E-state index in [4.69, 9.17) is 10.1 Å². The summed E-state index contributed by atoms with van der Waals surface area (Å²) in [4.78, 5) is 0. The number of halogens is 1. The zero-order valence-electron chi connectivity index (χ0n) is 9.21. The van der Waals surface area contributed by atoms with Crippen LogP contribution >= 0.6 is 15.9 Å². The predicted molar refractivity (Wildman–Crippen MR) is 69.1 cm³/mol. The number of ether oxygens (including phenoxy) is 1. The Morgan fingerprint density at radius 1 is 1.38 bits per heavy atom.